The van der Waals surface area contributed by atoms with E-state index in [9.17, 15) is 4.79 Å². The molecule has 0 bridgehead atoms. The first-order chi connectivity index (χ1) is 13.4. The molecular weight excluding hydrogens is 419 g/mol. The van der Waals surface area contributed by atoms with Gasteiger partial charge in [-0.3, -0.25) is 9.89 Å². The van der Waals surface area contributed by atoms with Gasteiger partial charge in [-0.25, -0.2) is 4.68 Å². The van der Waals surface area contributed by atoms with E-state index in [4.69, 9.17) is 39.2 Å². The fourth-order valence-electron chi connectivity index (χ4n) is 2.85. The number of rotatable bonds is 3. The highest BCUT2D eigenvalue weighted by Crippen LogP contribution is 2.31. The number of hydrogen-bond acceptors (Lipinski definition) is 2. The average molecular weight is 432 g/mol. The maximum absolute atomic E-state index is 12.8. The number of benzene rings is 2. The minimum atomic E-state index is -0.255. The number of furan rings is 1. The van der Waals surface area contributed by atoms with Gasteiger partial charge in [0.25, 0.3) is 5.56 Å². The van der Waals surface area contributed by atoms with Crippen LogP contribution >= 0.6 is 34.8 Å². The molecule has 2 heterocycles. The first-order valence-corrected chi connectivity index (χ1v) is 9.39. The Morgan fingerprint density at radius 1 is 1.00 bits per heavy atom. The molecule has 0 aliphatic heterocycles. The summed E-state index contributed by atoms with van der Waals surface area (Å²) in [6.07, 6.45) is 1.63. The van der Waals surface area contributed by atoms with Gasteiger partial charge in [-0.05, 0) is 54.6 Å². The number of nitrogens with zero attached hydrogens (tertiary/aromatic N) is 1. The van der Waals surface area contributed by atoms with Gasteiger partial charge in [0.15, 0.2) is 0 Å². The van der Waals surface area contributed by atoms with Crippen molar-refractivity contribution in [2.24, 2.45) is 0 Å². The van der Waals surface area contributed by atoms with E-state index in [-0.39, 0.29) is 5.56 Å². The number of aromatic amines is 1. The second kappa shape index (κ2) is 7.40. The van der Waals surface area contributed by atoms with Gasteiger partial charge in [-0.1, -0.05) is 47.4 Å². The molecule has 0 spiro atoms. The molecule has 28 heavy (non-hydrogen) atoms. The van der Waals surface area contributed by atoms with Gasteiger partial charge in [-0.15, -0.1) is 0 Å². The minimum Gasteiger partial charge on any atom is -0.457 e. The van der Waals surface area contributed by atoms with Gasteiger partial charge in [0.1, 0.15) is 11.5 Å². The summed E-state index contributed by atoms with van der Waals surface area (Å²) in [6, 6.07) is 15.7. The molecule has 140 valence electrons. The fraction of sp³-hybridized carbons (Fsp3) is 0. The molecule has 0 atom stereocenters. The molecule has 0 fully saturated rings. The van der Waals surface area contributed by atoms with Crippen LogP contribution in [-0.4, -0.2) is 9.78 Å². The Bertz CT molecular complexity index is 1350. The highest BCUT2D eigenvalue weighted by molar-refractivity contribution is 6.36. The maximum atomic E-state index is 12.8. The van der Waals surface area contributed by atoms with Gasteiger partial charge < -0.3 is 4.42 Å². The minimum absolute atomic E-state index is 0.255. The van der Waals surface area contributed by atoms with Gasteiger partial charge in [0.2, 0.25) is 0 Å². The monoisotopic (exact) mass is 430 g/mol. The topological polar surface area (TPSA) is 50.9 Å². The highest BCUT2D eigenvalue weighted by Gasteiger charge is 2.10. The summed E-state index contributed by atoms with van der Waals surface area (Å²) in [5.74, 6) is 1.07. The van der Waals surface area contributed by atoms with Crippen LogP contribution in [0.15, 0.2) is 63.8 Å². The first kappa shape index (κ1) is 18.7. The number of H-pyrrole nitrogens is 1. The molecule has 0 saturated heterocycles. The van der Waals surface area contributed by atoms with E-state index < -0.39 is 0 Å². The molecule has 2 aromatic heterocycles. The van der Waals surface area contributed by atoms with Crippen LogP contribution in [0.25, 0.3) is 29.7 Å². The zero-order valence-electron chi connectivity index (χ0n) is 14.4. The van der Waals surface area contributed by atoms with Gasteiger partial charge in [-0.2, -0.15) is 0 Å². The van der Waals surface area contributed by atoms with Crippen LogP contribution in [0.1, 0.15) is 5.76 Å². The molecular formula is C21H13Cl3N2O2. The standard InChI is InChI=1S/C21H13Cl3N2O2/c1-12-18(21(27)26(25-12)15-4-2-3-13(22)9-15)11-16-6-8-20(28-16)17-7-5-14(23)10-19(17)24/h2-11,25H,1H2. The quantitative estimate of drug-likeness (QED) is 0.514. The summed E-state index contributed by atoms with van der Waals surface area (Å²) in [6.45, 7) is 3.92. The summed E-state index contributed by atoms with van der Waals surface area (Å²) in [5, 5.41) is 5.37. The molecule has 4 aromatic rings. The van der Waals surface area contributed by atoms with Crippen molar-refractivity contribution >= 4 is 47.5 Å². The normalized spacial score (nSPS) is 11.9. The van der Waals surface area contributed by atoms with Crippen molar-refractivity contribution in [3.63, 3.8) is 0 Å². The Morgan fingerprint density at radius 2 is 1.79 bits per heavy atom. The second-order valence-electron chi connectivity index (χ2n) is 6.09. The number of hydrogen-bond donors (Lipinski definition) is 1. The van der Waals surface area contributed by atoms with E-state index in [1.165, 1.54) is 4.68 Å². The van der Waals surface area contributed by atoms with Crippen molar-refractivity contribution in [2.75, 3.05) is 0 Å². The zero-order chi connectivity index (χ0) is 19.8. The molecule has 0 saturated carbocycles. The van der Waals surface area contributed by atoms with E-state index in [2.05, 4.69) is 11.7 Å². The lowest BCUT2D eigenvalue weighted by molar-refractivity contribution is 0.571. The molecule has 0 unspecified atom stereocenters. The number of aromatic nitrogens is 2. The molecule has 0 aliphatic rings. The predicted octanol–water partition coefficient (Wildman–Crippen LogP) is 4.62. The maximum Gasteiger partial charge on any atom is 0.279 e. The third-order valence-corrected chi connectivity index (χ3v) is 4.96. The smallest absolute Gasteiger partial charge is 0.279 e. The van der Waals surface area contributed by atoms with Crippen molar-refractivity contribution < 1.29 is 4.42 Å². The first-order valence-electron chi connectivity index (χ1n) is 8.25. The van der Waals surface area contributed by atoms with Crippen LogP contribution in [0, 0.1) is 0 Å². The van der Waals surface area contributed by atoms with Crippen LogP contribution in [-0.2, 0) is 0 Å². The van der Waals surface area contributed by atoms with E-state index in [1.807, 2.05) is 0 Å². The fourth-order valence-corrected chi connectivity index (χ4v) is 3.53. The van der Waals surface area contributed by atoms with E-state index in [0.717, 1.165) is 0 Å². The van der Waals surface area contributed by atoms with Crippen LogP contribution in [0.3, 0.4) is 0 Å². The van der Waals surface area contributed by atoms with Gasteiger partial charge >= 0.3 is 0 Å². The Kier molecular flexibility index (Phi) is 4.94. The summed E-state index contributed by atoms with van der Waals surface area (Å²) in [7, 11) is 0. The lowest BCUT2D eigenvalue weighted by Gasteiger charge is -2.00. The summed E-state index contributed by atoms with van der Waals surface area (Å²) in [5.41, 5.74) is 1.08. The van der Waals surface area contributed by atoms with Crippen molar-refractivity contribution in [1.29, 1.82) is 0 Å². The van der Waals surface area contributed by atoms with Crippen molar-refractivity contribution in [2.45, 2.75) is 0 Å². The van der Waals surface area contributed by atoms with Gasteiger partial charge in [0, 0.05) is 15.6 Å². The lowest BCUT2D eigenvalue weighted by Crippen LogP contribution is -2.33. The van der Waals surface area contributed by atoms with Crippen LogP contribution in [0.4, 0.5) is 0 Å². The number of nitrogens with one attached hydrogen (secondary N) is 1. The average Bonchev–Trinajstić information content (AvgIpc) is 3.22. The Hall–Kier alpha value is -2.66. The summed E-state index contributed by atoms with van der Waals surface area (Å²) in [4.78, 5) is 12.8. The van der Waals surface area contributed by atoms with Crippen molar-refractivity contribution in [3.05, 3.63) is 96.3 Å². The van der Waals surface area contributed by atoms with Crippen LogP contribution in [0.5, 0.6) is 0 Å². The Balaban J connectivity index is 1.78. The Labute approximate surface area is 174 Å². The molecule has 0 aliphatic carbocycles. The third kappa shape index (κ3) is 3.54. The molecule has 4 rings (SSSR count). The SMILES string of the molecule is C=c1[nH]n(-c2cccc(Cl)c2)c(=O)c1=Cc1ccc(-c2ccc(Cl)cc2Cl)o1. The van der Waals surface area contributed by atoms with E-state index in [1.54, 1.807) is 60.7 Å². The molecule has 1 N–H and O–H groups in total. The zero-order valence-corrected chi connectivity index (χ0v) is 16.6. The number of halogens is 3. The molecule has 0 radical (unpaired) electrons. The lowest BCUT2D eigenvalue weighted by atomic mass is 10.2. The van der Waals surface area contributed by atoms with Gasteiger partial charge in [0.05, 0.1) is 21.3 Å². The third-order valence-electron chi connectivity index (χ3n) is 4.18. The Morgan fingerprint density at radius 3 is 2.54 bits per heavy atom. The predicted molar refractivity (Wildman–Crippen MR) is 114 cm³/mol. The largest absolute Gasteiger partial charge is 0.457 e. The molecule has 2 aromatic carbocycles. The van der Waals surface area contributed by atoms with Crippen LogP contribution < -0.4 is 16.1 Å². The van der Waals surface area contributed by atoms with Crippen molar-refractivity contribution in [1.82, 2.24) is 9.78 Å². The molecule has 4 nitrogen and oxygen atoms in total. The van der Waals surface area contributed by atoms with Crippen molar-refractivity contribution in [3.8, 4) is 17.0 Å². The summed E-state index contributed by atoms with van der Waals surface area (Å²) < 4.78 is 7.23. The van der Waals surface area contributed by atoms with E-state index in [0.29, 0.717) is 48.4 Å². The highest BCUT2D eigenvalue weighted by atomic mass is 35.5. The van der Waals surface area contributed by atoms with E-state index >= 15 is 0 Å². The molecule has 0 amide bonds. The second-order valence-corrected chi connectivity index (χ2v) is 7.38. The van der Waals surface area contributed by atoms with Crippen LogP contribution in [0.2, 0.25) is 15.1 Å². The summed E-state index contributed by atoms with van der Waals surface area (Å²) >= 11 is 18.2. The molecule has 7 heteroatoms.